The molecular formula is C27H26ClN3O5. The normalized spacial score (nSPS) is 18.9. The Bertz CT molecular complexity index is 1240. The number of hydrogen-bond acceptors (Lipinski definition) is 5. The van der Waals surface area contributed by atoms with Gasteiger partial charge < -0.3 is 19.4 Å². The van der Waals surface area contributed by atoms with E-state index in [1.165, 1.54) is 0 Å². The number of amides is 3. The van der Waals surface area contributed by atoms with Crippen molar-refractivity contribution in [3.63, 3.8) is 0 Å². The minimum atomic E-state index is -0.981. The minimum Gasteiger partial charge on any atom is -0.467 e. The first-order valence-corrected chi connectivity index (χ1v) is 12.2. The van der Waals surface area contributed by atoms with E-state index in [9.17, 15) is 14.4 Å². The van der Waals surface area contributed by atoms with Crippen LogP contribution in [0.25, 0.3) is 0 Å². The molecule has 2 aromatic carbocycles. The Morgan fingerprint density at radius 3 is 2.39 bits per heavy atom. The second-order valence-electron chi connectivity index (χ2n) is 8.91. The van der Waals surface area contributed by atoms with Crippen LogP contribution in [0.1, 0.15) is 39.3 Å². The maximum Gasteiger partial charge on any atom is 0.256 e. The van der Waals surface area contributed by atoms with E-state index in [1.54, 1.807) is 76.7 Å². The summed E-state index contributed by atoms with van der Waals surface area (Å²) in [6, 6.07) is 18.4. The highest BCUT2D eigenvalue weighted by molar-refractivity contribution is 6.30. The summed E-state index contributed by atoms with van der Waals surface area (Å²) >= 11 is 6.06. The van der Waals surface area contributed by atoms with E-state index in [0.717, 1.165) is 0 Å². The molecule has 2 aliphatic heterocycles. The van der Waals surface area contributed by atoms with Gasteiger partial charge in [-0.05, 0) is 42.5 Å². The van der Waals surface area contributed by atoms with Crippen LogP contribution in [-0.4, -0.2) is 59.0 Å². The largest absolute Gasteiger partial charge is 0.467 e. The molecule has 1 N–H and O–H groups in total. The van der Waals surface area contributed by atoms with Gasteiger partial charge in [0.2, 0.25) is 5.91 Å². The zero-order valence-electron chi connectivity index (χ0n) is 19.6. The highest BCUT2D eigenvalue weighted by Gasteiger charge is 2.54. The zero-order valence-corrected chi connectivity index (χ0v) is 20.3. The van der Waals surface area contributed by atoms with Crippen molar-refractivity contribution in [2.24, 2.45) is 0 Å². The third-order valence-corrected chi connectivity index (χ3v) is 6.96. The fraction of sp³-hybridized carbons (Fsp3) is 0.296. The van der Waals surface area contributed by atoms with Crippen LogP contribution in [0.3, 0.4) is 0 Å². The third kappa shape index (κ3) is 4.74. The quantitative estimate of drug-likeness (QED) is 0.568. The number of carbonyl (C=O) groups excluding carboxylic acids is 3. The molecule has 1 spiro atoms. The van der Waals surface area contributed by atoms with Gasteiger partial charge in [-0.25, -0.2) is 0 Å². The number of ether oxygens (including phenoxy) is 1. The van der Waals surface area contributed by atoms with Crippen molar-refractivity contribution in [1.29, 1.82) is 0 Å². The molecule has 5 rings (SSSR count). The molecule has 8 nitrogen and oxygen atoms in total. The standard InChI is InChI=1S/C27H26ClN3O5/c28-21-9-4-8-20(16-21)25(33)30-13-11-27(12-14-30)31(26(34)19-6-2-1-3-7-19)23(18-36-27)24(32)29-17-22-10-5-15-35-22/h1-10,15-16,23H,11-14,17-18H2,(H,29,32)/t23-/m1/s1. The Kier molecular flexibility index (Phi) is 6.80. The molecule has 0 radical (unpaired) electrons. The number of rotatable bonds is 5. The van der Waals surface area contributed by atoms with E-state index in [2.05, 4.69) is 5.32 Å². The average molecular weight is 508 g/mol. The molecule has 9 heteroatoms. The molecular weight excluding hydrogens is 482 g/mol. The van der Waals surface area contributed by atoms with Crippen molar-refractivity contribution in [1.82, 2.24) is 15.1 Å². The molecule has 186 valence electrons. The molecule has 0 bridgehead atoms. The number of carbonyl (C=O) groups is 3. The first-order chi connectivity index (χ1) is 17.5. The topological polar surface area (TPSA) is 92.1 Å². The van der Waals surface area contributed by atoms with Crippen molar-refractivity contribution >= 4 is 29.3 Å². The number of piperidine rings is 1. The number of furan rings is 1. The smallest absolute Gasteiger partial charge is 0.256 e. The van der Waals surface area contributed by atoms with Crippen molar-refractivity contribution in [3.8, 4) is 0 Å². The summed E-state index contributed by atoms with van der Waals surface area (Å²) in [6.45, 7) is 1.05. The second kappa shape index (κ2) is 10.2. The van der Waals surface area contributed by atoms with Crippen molar-refractivity contribution in [2.75, 3.05) is 19.7 Å². The predicted octanol–water partition coefficient (Wildman–Crippen LogP) is 3.72. The lowest BCUT2D eigenvalue weighted by atomic mass is 9.96. The maximum absolute atomic E-state index is 13.7. The van der Waals surface area contributed by atoms with Gasteiger partial charge in [0, 0.05) is 42.1 Å². The second-order valence-corrected chi connectivity index (χ2v) is 9.35. The third-order valence-electron chi connectivity index (χ3n) is 6.72. The van der Waals surface area contributed by atoms with Crippen molar-refractivity contribution in [2.45, 2.75) is 31.2 Å². The molecule has 3 aromatic rings. The van der Waals surface area contributed by atoms with E-state index >= 15 is 0 Å². The highest BCUT2D eigenvalue weighted by atomic mass is 35.5. The predicted molar refractivity (Wildman–Crippen MR) is 132 cm³/mol. The van der Waals surface area contributed by atoms with Gasteiger partial charge in [-0.3, -0.25) is 19.3 Å². The van der Waals surface area contributed by atoms with Gasteiger partial charge in [-0.2, -0.15) is 0 Å². The van der Waals surface area contributed by atoms with Crippen molar-refractivity contribution in [3.05, 3.63) is 94.9 Å². The maximum atomic E-state index is 13.7. The number of hydrogen-bond donors (Lipinski definition) is 1. The molecule has 36 heavy (non-hydrogen) atoms. The lowest BCUT2D eigenvalue weighted by Gasteiger charge is -2.44. The molecule has 3 amide bonds. The summed E-state index contributed by atoms with van der Waals surface area (Å²) in [5.41, 5.74) is 0.00638. The average Bonchev–Trinajstić information content (AvgIpc) is 3.56. The summed E-state index contributed by atoms with van der Waals surface area (Å²) < 4.78 is 11.5. The highest BCUT2D eigenvalue weighted by Crippen LogP contribution is 2.39. The van der Waals surface area contributed by atoms with Crippen LogP contribution in [0.15, 0.2) is 77.4 Å². The van der Waals surface area contributed by atoms with E-state index < -0.39 is 11.8 Å². The molecule has 2 aliphatic rings. The first kappa shape index (κ1) is 24.1. The SMILES string of the molecule is O=C(NCc1ccco1)[C@H]1COC2(CCN(C(=O)c3cccc(Cl)c3)CC2)N1C(=O)c1ccccc1. The zero-order chi connectivity index (χ0) is 25.1. The van der Waals surface area contributed by atoms with Crippen LogP contribution in [0.5, 0.6) is 0 Å². The molecule has 0 saturated carbocycles. The molecule has 0 unspecified atom stereocenters. The van der Waals surface area contributed by atoms with Gasteiger partial charge in [0.25, 0.3) is 11.8 Å². The van der Waals surface area contributed by atoms with Crippen LogP contribution in [-0.2, 0) is 16.1 Å². The number of nitrogens with zero attached hydrogens (tertiary/aromatic N) is 2. The van der Waals surface area contributed by atoms with E-state index in [-0.39, 0.29) is 30.9 Å². The van der Waals surface area contributed by atoms with E-state index in [1.807, 2.05) is 6.07 Å². The molecule has 2 saturated heterocycles. The van der Waals surface area contributed by atoms with Gasteiger partial charge in [0.1, 0.15) is 17.5 Å². The Morgan fingerprint density at radius 2 is 1.69 bits per heavy atom. The lowest BCUT2D eigenvalue weighted by Crippen LogP contribution is -2.59. The van der Waals surface area contributed by atoms with E-state index in [0.29, 0.717) is 47.8 Å². The Labute approximate surface area is 213 Å². The minimum absolute atomic E-state index is 0.0742. The van der Waals surface area contributed by atoms with E-state index in [4.69, 9.17) is 20.8 Å². The van der Waals surface area contributed by atoms with Gasteiger partial charge in [0.05, 0.1) is 19.4 Å². The Balaban J connectivity index is 1.35. The number of nitrogens with one attached hydrogen (secondary N) is 1. The molecule has 2 fully saturated rings. The summed E-state index contributed by atoms with van der Waals surface area (Å²) in [5, 5.41) is 3.35. The monoisotopic (exact) mass is 507 g/mol. The van der Waals surface area contributed by atoms with Crippen LogP contribution < -0.4 is 5.32 Å². The van der Waals surface area contributed by atoms with Crippen LogP contribution in [0, 0.1) is 0 Å². The lowest BCUT2D eigenvalue weighted by molar-refractivity contribution is -0.128. The summed E-state index contributed by atoms with van der Waals surface area (Å²) in [6.07, 6.45) is 2.32. The fourth-order valence-electron chi connectivity index (χ4n) is 4.86. The number of halogens is 1. The van der Waals surface area contributed by atoms with Gasteiger partial charge in [0.15, 0.2) is 0 Å². The first-order valence-electron chi connectivity index (χ1n) is 11.8. The number of likely N-dealkylation sites (tertiary alicyclic amines) is 1. The molecule has 1 aromatic heterocycles. The summed E-state index contributed by atoms with van der Waals surface area (Å²) in [7, 11) is 0. The van der Waals surface area contributed by atoms with Gasteiger partial charge in [-0.15, -0.1) is 0 Å². The van der Waals surface area contributed by atoms with Crippen LogP contribution >= 0.6 is 11.6 Å². The van der Waals surface area contributed by atoms with Gasteiger partial charge in [-0.1, -0.05) is 35.9 Å². The fourth-order valence-corrected chi connectivity index (χ4v) is 5.05. The summed E-state index contributed by atoms with van der Waals surface area (Å²) in [5.74, 6) is -0.101. The van der Waals surface area contributed by atoms with Gasteiger partial charge >= 0.3 is 0 Å². The van der Waals surface area contributed by atoms with Crippen LogP contribution in [0.4, 0.5) is 0 Å². The Morgan fingerprint density at radius 1 is 0.944 bits per heavy atom. The molecule has 0 aliphatic carbocycles. The Hall–Kier alpha value is -3.62. The summed E-state index contributed by atoms with van der Waals surface area (Å²) in [4.78, 5) is 43.2. The molecule has 1 atom stereocenters. The number of benzene rings is 2. The molecule has 3 heterocycles. The van der Waals surface area contributed by atoms with Crippen LogP contribution in [0.2, 0.25) is 5.02 Å². The van der Waals surface area contributed by atoms with Crippen molar-refractivity contribution < 1.29 is 23.5 Å².